The number of thioether (sulfide) groups is 1. The number of rotatable bonds is 3. The van der Waals surface area contributed by atoms with Crippen LogP contribution in [0, 0.1) is 5.82 Å². The van der Waals surface area contributed by atoms with Gasteiger partial charge < -0.3 is 4.74 Å². The van der Waals surface area contributed by atoms with Gasteiger partial charge in [-0.15, -0.1) is 0 Å². The molecule has 22 heavy (non-hydrogen) atoms. The second-order valence-electron chi connectivity index (χ2n) is 4.45. The van der Waals surface area contributed by atoms with Crippen LogP contribution in [0.4, 0.5) is 9.18 Å². The summed E-state index contributed by atoms with van der Waals surface area (Å²) in [5.41, 5.74) is 0.652. The Hall–Kier alpha value is -2.60. The summed E-state index contributed by atoms with van der Waals surface area (Å²) in [7, 11) is 0. The molecule has 1 saturated heterocycles. The molecule has 0 aliphatic carbocycles. The molecule has 1 fully saturated rings. The molecule has 2 aromatic carbocycles. The van der Waals surface area contributed by atoms with Crippen molar-refractivity contribution in [3.05, 3.63) is 64.8 Å². The van der Waals surface area contributed by atoms with Crippen LogP contribution in [0.5, 0.6) is 11.5 Å². The van der Waals surface area contributed by atoms with Gasteiger partial charge in [0.25, 0.3) is 11.1 Å². The highest BCUT2D eigenvalue weighted by Gasteiger charge is 2.25. The minimum absolute atomic E-state index is 0.306. The van der Waals surface area contributed by atoms with Gasteiger partial charge in [-0.25, -0.2) is 4.39 Å². The molecular formula is C16H10FNO3S. The number of benzene rings is 2. The van der Waals surface area contributed by atoms with E-state index in [9.17, 15) is 14.0 Å². The number of halogens is 1. The van der Waals surface area contributed by atoms with Crippen molar-refractivity contribution < 1.29 is 18.7 Å². The summed E-state index contributed by atoms with van der Waals surface area (Å²) in [6.45, 7) is 0. The predicted molar refractivity (Wildman–Crippen MR) is 82.0 cm³/mol. The maximum atomic E-state index is 12.9. The van der Waals surface area contributed by atoms with E-state index < -0.39 is 11.1 Å². The van der Waals surface area contributed by atoms with E-state index in [2.05, 4.69) is 5.32 Å². The topological polar surface area (TPSA) is 55.4 Å². The first-order valence-corrected chi connectivity index (χ1v) is 7.21. The maximum Gasteiger partial charge on any atom is 0.290 e. The maximum absolute atomic E-state index is 12.9. The van der Waals surface area contributed by atoms with Crippen LogP contribution in [0.15, 0.2) is 53.4 Å². The lowest BCUT2D eigenvalue weighted by molar-refractivity contribution is -0.115. The van der Waals surface area contributed by atoms with Gasteiger partial charge in [0, 0.05) is 5.56 Å². The minimum Gasteiger partial charge on any atom is -0.457 e. The summed E-state index contributed by atoms with van der Waals surface area (Å²) < 4.78 is 18.6. The molecule has 0 saturated carbocycles. The fraction of sp³-hybridized carbons (Fsp3) is 0. The third-order valence-electron chi connectivity index (χ3n) is 2.89. The second kappa shape index (κ2) is 6.03. The van der Waals surface area contributed by atoms with Crippen molar-refractivity contribution in [1.29, 1.82) is 0 Å². The summed E-state index contributed by atoms with van der Waals surface area (Å²) in [6, 6.07) is 12.7. The van der Waals surface area contributed by atoms with Crippen molar-refractivity contribution in [2.75, 3.05) is 0 Å². The third kappa shape index (κ3) is 3.17. The van der Waals surface area contributed by atoms with Gasteiger partial charge in [0.05, 0.1) is 4.91 Å². The number of hydrogen-bond acceptors (Lipinski definition) is 4. The van der Waals surface area contributed by atoms with Crippen molar-refractivity contribution in [3.8, 4) is 11.5 Å². The second-order valence-corrected chi connectivity index (χ2v) is 5.46. The lowest BCUT2D eigenvalue weighted by Crippen LogP contribution is -2.17. The van der Waals surface area contributed by atoms with Crippen LogP contribution in [0.1, 0.15) is 5.56 Å². The van der Waals surface area contributed by atoms with Gasteiger partial charge in [0.2, 0.25) is 0 Å². The smallest absolute Gasteiger partial charge is 0.290 e. The van der Waals surface area contributed by atoms with Gasteiger partial charge in [-0.3, -0.25) is 14.9 Å². The zero-order valence-electron chi connectivity index (χ0n) is 11.2. The number of carbonyl (C=O) groups excluding carboxylic acids is 2. The lowest BCUT2D eigenvalue weighted by Gasteiger charge is -2.09. The molecule has 0 atom stereocenters. The fourth-order valence-electron chi connectivity index (χ4n) is 1.88. The Labute approximate surface area is 130 Å². The average molecular weight is 315 g/mol. The normalized spacial score (nSPS) is 16.0. The largest absolute Gasteiger partial charge is 0.457 e. The molecule has 0 aromatic heterocycles. The molecule has 6 heteroatoms. The summed E-state index contributed by atoms with van der Waals surface area (Å²) in [4.78, 5) is 23.1. The number of nitrogens with one attached hydrogen (secondary N) is 1. The number of hydrogen-bond donors (Lipinski definition) is 1. The Morgan fingerprint density at radius 2 is 1.77 bits per heavy atom. The molecule has 1 aliphatic rings. The highest BCUT2D eigenvalue weighted by atomic mass is 32.2. The zero-order chi connectivity index (χ0) is 15.5. The molecule has 0 spiro atoms. The van der Waals surface area contributed by atoms with Crippen molar-refractivity contribution in [3.63, 3.8) is 0 Å². The van der Waals surface area contributed by atoms with Crippen LogP contribution in [0.25, 0.3) is 6.08 Å². The summed E-state index contributed by atoms with van der Waals surface area (Å²) >= 11 is 0.842. The first kappa shape index (κ1) is 14.3. The van der Waals surface area contributed by atoms with Crippen LogP contribution in [-0.2, 0) is 4.79 Å². The summed E-state index contributed by atoms with van der Waals surface area (Å²) in [5.74, 6) is 0.216. The number of para-hydroxylation sites is 1. The van der Waals surface area contributed by atoms with Crippen LogP contribution in [0.2, 0.25) is 0 Å². The van der Waals surface area contributed by atoms with Gasteiger partial charge in [-0.2, -0.15) is 0 Å². The Morgan fingerprint density at radius 1 is 1.05 bits per heavy atom. The number of carbonyl (C=O) groups is 2. The first-order valence-electron chi connectivity index (χ1n) is 6.39. The standard InChI is InChI=1S/C16H10FNO3S/c17-11-5-7-12(8-6-11)21-13-4-2-1-3-10(13)9-14-15(19)18-16(20)22-14/h1-9H,(H,18,19,20). The fourth-order valence-corrected chi connectivity index (χ4v) is 2.56. The van der Waals surface area contributed by atoms with Gasteiger partial charge in [-0.05, 0) is 48.2 Å². The van der Waals surface area contributed by atoms with E-state index in [1.807, 2.05) is 0 Å². The van der Waals surface area contributed by atoms with E-state index in [0.29, 0.717) is 22.0 Å². The van der Waals surface area contributed by atoms with E-state index >= 15 is 0 Å². The molecule has 0 bridgehead atoms. The monoisotopic (exact) mass is 315 g/mol. The van der Waals surface area contributed by atoms with E-state index in [1.54, 1.807) is 30.3 Å². The average Bonchev–Trinajstić information content (AvgIpc) is 2.81. The van der Waals surface area contributed by atoms with Crippen molar-refractivity contribution in [1.82, 2.24) is 5.32 Å². The number of ether oxygens (including phenoxy) is 1. The van der Waals surface area contributed by atoms with Gasteiger partial charge in [0.1, 0.15) is 17.3 Å². The molecule has 2 amide bonds. The molecule has 2 aromatic rings. The number of amides is 2. The number of imide groups is 1. The van der Waals surface area contributed by atoms with Gasteiger partial charge in [0.15, 0.2) is 0 Å². The van der Waals surface area contributed by atoms with Crippen LogP contribution >= 0.6 is 11.8 Å². The minimum atomic E-state index is -0.424. The van der Waals surface area contributed by atoms with Crippen LogP contribution < -0.4 is 10.1 Å². The molecular weight excluding hydrogens is 305 g/mol. The van der Waals surface area contributed by atoms with Gasteiger partial charge >= 0.3 is 0 Å². The van der Waals surface area contributed by atoms with Crippen LogP contribution in [-0.4, -0.2) is 11.1 Å². The molecule has 110 valence electrons. The van der Waals surface area contributed by atoms with E-state index in [1.165, 1.54) is 24.3 Å². The van der Waals surface area contributed by atoms with Gasteiger partial charge in [-0.1, -0.05) is 18.2 Å². The Bertz CT molecular complexity index is 771. The van der Waals surface area contributed by atoms with Crippen molar-refractivity contribution in [2.24, 2.45) is 0 Å². The Morgan fingerprint density at radius 3 is 2.45 bits per heavy atom. The van der Waals surface area contributed by atoms with Crippen molar-refractivity contribution in [2.45, 2.75) is 0 Å². The Balaban J connectivity index is 1.90. The predicted octanol–water partition coefficient (Wildman–Crippen LogP) is 3.94. The van der Waals surface area contributed by atoms with Crippen LogP contribution in [0.3, 0.4) is 0 Å². The molecule has 1 heterocycles. The molecule has 0 radical (unpaired) electrons. The Kier molecular flexibility index (Phi) is 3.93. The molecule has 0 unspecified atom stereocenters. The van der Waals surface area contributed by atoms with Crippen molar-refractivity contribution >= 4 is 29.0 Å². The van der Waals surface area contributed by atoms with E-state index in [0.717, 1.165) is 11.8 Å². The molecule has 1 N–H and O–H groups in total. The molecule has 1 aliphatic heterocycles. The SMILES string of the molecule is O=C1NC(=O)C(=Cc2ccccc2Oc2ccc(F)cc2)S1. The summed E-state index contributed by atoms with van der Waals surface area (Å²) in [5, 5.41) is 1.80. The summed E-state index contributed by atoms with van der Waals surface area (Å²) in [6.07, 6.45) is 1.59. The molecule has 3 rings (SSSR count). The van der Waals surface area contributed by atoms with E-state index in [-0.39, 0.29) is 5.82 Å². The first-order chi connectivity index (χ1) is 10.6. The highest BCUT2D eigenvalue weighted by molar-refractivity contribution is 8.18. The highest BCUT2D eigenvalue weighted by Crippen LogP contribution is 2.31. The van der Waals surface area contributed by atoms with E-state index in [4.69, 9.17) is 4.74 Å². The zero-order valence-corrected chi connectivity index (χ0v) is 12.0. The quantitative estimate of drug-likeness (QED) is 0.872. The third-order valence-corrected chi connectivity index (χ3v) is 3.70. The lowest BCUT2D eigenvalue weighted by atomic mass is 10.2. The molecule has 4 nitrogen and oxygen atoms in total.